The number of benzene rings is 1. The summed E-state index contributed by atoms with van der Waals surface area (Å²) >= 11 is 0. The highest BCUT2D eigenvalue weighted by Crippen LogP contribution is 2.17. The van der Waals surface area contributed by atoms with Crippen molar-refractivity contribution in [1.82, 2.24) is 9.55 Å². The number of fused-ring (bicyclic) bond motifs is 1. The van der Waals surface area contributed by atoms with Crippen molar-refractivity contribution >= 4 is 11.0 Å². The molecule has 0 atom stereocenters. The fourth-order valence-corrected chi connectivity index (χ4v) is 1.88. The second-order valence-corrected chi connectivity index (χ2v) is 4.51. The van der Waals surface area contributed by atoms with Crippen LogP contribution in [-0.4, -0.2) is 14.7 Å². The first-order valence-corrected chi connectivity index (χ1v) is 5.77. The standard InChI is InChI=1S/C13H18N2O/c1-10(2)7-8-15-12-6-4-3-5-11(12)14-13(15)9-16/h3-6,10,16H,7-9H2,1-2H3. The lowest BCUT2D eigenvalue weighted by Gasteiger charge is -2.09. The number of hydrogen-bond donors (Lipinski definition) is 1. The number of aryl methyl sites for hydroxylation is 1. The molecular formula is C13H18N2O. The summed E-state index contributed by atoms with van der Waals surface area (Å²) in [5.74, 6) is 1.43. The van der Waals surface area contributed by atoms with Crippen LogP contribution in [-0.2, 0) is 13.2 Å². The first-order valence-electron chi connectivity index (χ1n) is 5.77. The Morgan fingerprint density at radius 2 is 2.06 bits per heavy atom. The third-order valence-corrected chi connectivity index (χ3v) is 2.81. The predicted octanol–water partition coefficient (Wildman–Crippen LogP) is 2.57. The number of hydrogen-bond acceptors (Lipinski definition) is 2. The molecule has 1 aromatic carbocycles. The SMILES string of the molecule is CC(C)CCn1c(CO)nc2ccccc21. The van der Waals surface area contributed by atoms with Gasteiger partial charge in [-0.25, -0.2) is 4.98 Å². The first-order chi connectivity index (χ1) is 7.72. The van der Waals surface area contributed by atoms with Crippen molar-refractivity contribution in [1.29, 1.82) is 0 Å². The highest BCUT2D eigenvalue weighted by atomic mass is 16.3. The molecule has 0 spiro atoms. The molecule has 0 unspecified atom stereocenters. The normalized spacial score (nSPS) is 11.5. The third-order valence-electron chi connectivity index (χ3n) is 2.81. The van der Waals surface area contributed by atoms with E-state index in [0.717, 1.165) is 29.8 Å². The van der Waals surface area contributed by atoms with E-state index in [4.69, 9.17) is 0 Å². The van der Waals surface area contributed by atoms with Crippen molar-refractivity contribution in [3.05, 3.63) is 30.1 Å². The lowest BCUT2D eigenvalue weighted by Crippen LogP contribution is -2.06. The molecule has 0 radical (unpaired) electrons. The second-order valence-electron chi connectivity index (χ2n) is 4.51. The Morgan fingerprint density at radius 1 is 1.31 bits per heavy atom. The van der Waals surface area contributed by atoms with Gasteiger partial charge >= 0.3 is 0 Å². The number of nitrogens with zero attached hydrogens (tertiary/aromatic N) is 2. The molecule has 0 aliphatic carbocycles. The van der Waals surface area contributed by atoms with Gasteiger partial charge < -0.3 is 9.67 Å². The molecule has 1 N–H and O–H groups in total. The molecule has 0 saturated carbocycles. The molecule has 0 fully saturated rings. The topological polar surface area (TPSA) is 38.0 Å². The van der Waals surface area contributed by atoms with Gasteiger partial charge in [0.1, 0.15) is 12.4 Å². The van der Waals surface area contributed by atoms with Crippen LogP contribution in [0.4, 0.5) is 0 Å². The van der Waals surface area contributed by atoms with Crippen molar-refractivity contribution in [3.63, 3.8) is 0 Å². The summed E-state index contributed by atoms with van der Waals surface area (Å²) in [4.78, 5) is 4.42. The van der Waals surface area contributed by atoms with Gasteiger partial charge in [-0.2, -0.15) is 0 Å². The van der Waals surface area contributed by atoms with Crippen LogP contribution < -0.4 is 0 Å². The first kappa shape index (κ1) is 11.1. The number of aromatic nitrogens is 2. The van der Waals surface area contributed by atoms with Gasteiger partial charge in [-0.3, -0.25) is 0 Å². The number of imidazole rings is 1. The summed E-state index contributed by atoms with van der Waals surface area (Å²) in [6, 6.07) is 8.03. The van der Waals surface area contributed by atoms with Crippen LogP contribution in [0.5, 0.6) is 0 Å². The van der Waals surface area contributed by atoms with Gasteiger partial charge in [0.15, 0.2) is 0 Å². The molecule has 1 aromatic heterocycles. The highest BCUT2D eigenvalue weighted by Gasteiger charge is 2.09. The van der Waals surface area contributed by atoms with E-state index in [1.807, 2.05) is 18.2 Å². The Kier molecular flexibility index (Phi) is 3.25. The van der Waals surface area contributed by atoms with E-state index in [9.17, 15) is 5.11 Å². The minimum Gasteiger partial charge on any atom is -0.388 e. The lowest BCUT2D eigenvalue weighted by molar-refractivity contribution is 0.264. The van der Waals surface area contributed by atoms with Crippen molar-refractivity contribution in [3.8, 4) is 0 Å². The molecular weight excluding hydrogens is 200 g/mol. The van der Waals surface area contributed by atoms with Gasteiger partial charge in [0.25, 0.3) is 0 Å². The maximum atomic E-state index is 9.30. The predicted molar refractivity (Wildman–Crippen MR) is 65.1 cm³/mol. The van der Waals surface area contributed by atoms with E-state index < -0.39 is 0 Å². The number of rotatable bonds is 4. The van der Waals surface area contributed by atoms with Gasteiger partial charge in [-0.1, -0.05) is 26.0 Å². The Balaban J connectivity index is 2.39. The van der Waals surface area contributed by atoms with Gasteiger partial charge in [-0.15, -0.1) is 0 Å². The van der Waals surface area contributed by atoms with Crippen LogP contribution in [0.25, 0.3) is 11.0 Å². The molecule has 0 saturated heterocycles. The summed E-state index contributed by atoms with van der Waals surface area (Å²) in [7, 11) is 0. The van der Waals surface area contributed by atoms with E-state index in [0.29, 0.717) is 5.92 Å². The monoisotopic (exact) mass is 218 g/mol. The molecule has 1 heterocycles. The minimum absolute atomic E-state index is 0.00672. The van der Waals surface area contributed by atoms with Crippen LogP contribution in [0.1, 0.15) is 26.1 Å². The van der Waals surface area contributed by atoms with Gasteiger partial charge in [0.2, 0.25) is 0 Å². The van der Waals surface area contributed by atoms with Crippen molar-refractivity contribution in [2.45, 2.75) is 33.4 Å². The van der Waals surface area contributed by atoms with Crippen LogP contribution in [0, 0.1) is 5.92 Å². The molecule has 0 amide bonds. The molecule has 86 valence electrons. The lowest BCUT2D eigenvalue weighted by atomic mass is 10.1. The molecule has 16 heavy (non-hydrogen) atoms. The molecule has 0 aliphatic heterocycles. The molecule has 2 aromatic rings. The highest BCUT2D eigenvalue weighted by molar-refractivity contribution is 5.75. The zero-order valence-corrected chi connectivity index (χ0v) is 9.85. The maximum absolute atomic E-state index is 9.30. The summed E-state index contributed by atoms with van der Waals surface area (Å²) < 4.78 is 2.12. The fourth-order valence-electron chi connectivity index (χ4n) is 1.88. The fraction of sp³-hybridized carbons (Fsp3) is 0.462. The van der Waals surface area contributed by atoms with Gasteiger partial charge in [-0.05, 0) is 24.5 Å². The Bertz CT molecular complexity index is 474. The van der Waals surface area contributed by atoms with E-state index in [1.165, 1.54) is 0 Å². The number of aliphatic hydroxyl groups excluding tert-OH is 1. The molecule has 3 nitrogen and oxygen atoms in total. The molecule has 0 aliphatic rings. The second kappa shape index (κ2) is 4.66. The molecule has 3 heteroatoms. The van der Waals surface area contributed by atoms with Gasteiger partial charge in [0, 0.05) is 6.54 Å². The summed E-state index contributed by atoms with van der Waals surface area (Å²) in [6.07, 6.45) is 1.10. The maximum Gasteiger partial charge on any atom is 0.135 e. The van der Waals surface area contributed by atoms with Crippen molar-refractivity contribution < 1.29 is 5.11 Å². The van der Waals surface area contributed by atoms with Gasteiger partial charge in [0.05, 0.1) is 11.0 Å². The zero-order chi connectivity index (χ0) is 11.5. The van der Waals surface area contributed by atoms with Crippen molar-refractivity contribution in [2.75, 3.05) is 0 Å². The van der Waals surface area contributed by atoms with Crippen LogP contribution in [0.15, 0.2) is 24.3 Å². The Morgan fingerprint density at radius 3 is 2.75 bits per heavy atom. The van der Waals surface area contributed by atoms with Crippen molar-refractivity contribution in [2.24, 2.45) is 5.92 Å². The van der Waals surface area contributed by atoms with Crippen LogP contribution >= 0.6 is 0 Å². The Labute approximate surface area is 95.7 Å². The largest absolute Gasteiger partial charge is 0.388 e. The van der Waals surface area contributed by atoms with E-state index >= 15 is 0 Å². The Hall–Kier alpha value is -1.35. The van der Waals surface area contributed by atoms with E-state index in [1.54, 1.807) is 0 Å². The summed E-state index contributed by atoms with van der Waals surface area (Å²) in [6.45, 7) is 5.34. The average molecular weight is 218 g/mol. The van der Waals surface area contributed by atoms with E-state index in [-0.39, 0.29) is 6.61 Å². The zero-order valence-electron chi connectivity index (χ0n) is 9.85. The summed E-state index contributed by atoms with van der Waals surface area (Å²) in [5.41, 5.74) is 2.09. The number of para-hydroxylation sites is 2. The number of aliphatic hydroxyl groups is 1. The van der Waals surface area contributed by atoms with Crippen LogP contribution in [0.2, 0.25) is 0 Å². The average Bonchev–Trinajstić information content (AvgIpc) is 2.64. The molecule has 0 bridgehead atoms. The molecule has 2 rings (SSSR count). The quantitative estimate of drug-likeness (QED) is 0.856. The smallest absolute Gasteiger partial charge is 0.135 e. The van der Waals surface area contributed by atoms with Crippen LogP contribution in [0.3, 0.4) is 0 Å². The minimum atomic E-state index is 0.00672. The third kappa shape index (κ3) is 2.09. The summed E-state index contributed by atoms with van der Waals surface area (Å²) in [5, 5.41) is 9.30. The van der Waals surface area contributed by atoms with E-state index in [2.05, 4.69) is 29.5 Å².